The summed E-state index contributed by atoms with van der Waals surface area (Å²) >= 11 is 7.83. The summed E-state index contributed by atoms with van der Waals surface area (Å²) in [6.45, 7) is 1.78. The average molecular weight is 309 g/mol. The molecule has 0 bridgehead atoms. The second-order valence-electron chi connectivity index (χ2n) is 4.68. The van der Waals surface area contributed by atoms with Gasteiger partial charge < -0.3 is 9.84 Å². The second kappa shape index (κ2) is 5.50. The molecule has 0 fully saturated rings. The zero-order valence-corrected chi connectivity index (χ0v) is 12.4. The van der Waals surface area contributed by atoms with Crippen molar-refractivity contribution in [2.45, 2.75) is 24.3 Å². The van der Waals surface area contributed by atoms with Crippen LogP contribution in [0.15, 0.2) is 33.7 Å². The summed E-state index contributed by atoms with van der Waals surface area (Å²) in [5.74, 6) is 0.965. The lowest BCUT2D eigenvalue weighted by molar-refractivity contribution is 0.0897. The first-order valence-corrected chi connectivity index (χ1v) is 7.66. The standard InChI is InChI=1S/C14H13ClN2O2S/c1-8-6-12(19-17-8)14(18)16-11-4-5-20-13-3-2-9(15)7-10(11)13/h2-3,6-7,11H,4-5H2,1H3,(H,16,18)/t11-/m0/s1. The van der Waals surface area contributed by atoms with Gasteiger partial charge in [0.25, 0.3) is 5.91 Å². The summed E-state index contributed by atoms with van der Waals surface area (Å²) in [7, 11) is 0. The Kier molecular flexibility index (Phi) is 3.72. The maximum absolute atomic E-state index is 12.1. The molecule has 1 aliphatic heterocycles. The van der Waals surface area contributed by atoms with E-state index in [1.54, 1.807) is 24.8 Å². The topological polar surface area (TPSA) is 55.1 Å². The number of thioether (sulfide) groups is 1. The van der Waals surface area contributed by atoms with E-state index in [1.807, 2.05) is 18.2 Å². The maximum atomic E-state index is 12.1. The minimum Gasteiger partial charge on any atom is -0.351 e. The number of carbonyl (C=O) groups is 1. The Morgan fingerprint density at radius 2 is 2.35 bits per heavy atom. The molecule has 6 heteroatoms. The van der Waals surface area contributed by atoms with E-state index < -0.39 is 0 Å². The number of carbonyl (C=O) groups excluding carboxylic acids is 1. The Labute approximate surface area is 125 Å². The van der Waals surface area contributed by atoms with E-state index >= 15 is 0 Å². The summed E-state index contributed by atoms with van der Waals surface area (Å²) in [6.07, 6.45) is 0.872. The first-order chi connectivity index (χ1) is 9.63. The molecule has 0 spiro atoms. The predicted molar refractivity (Wildman–Crippen MR) is 78.2 cm³/mol. The fraction of sp³-hybridized carbons (Fsp3) is 0.286. The lowest BCUT2D eigenvalue weighted by atomic mass is 10.0. The van der Waals surface area contributed by atoms with Crippen molar-refractivity contribution < 1.29 is 9.32 Å². The van der Waals surface area contributed by atoms with E-state index in [-0.39, 0.29) is 17.7 Å². The van der Waals surface area contributed by atoms with Crippen LogP contribution in [-0.4, -0.2) is 16.8 Å². The van der Waals surface area contributed by atoms with Crippen LogP contribution < -0.4 is 5.32 Å². The van der Waals surface area contributed by atoms with Crippen molar-refractivity contribution in [1.29, 1.82) is 0 Å². The first-order valence-electron chi connectivity index (χ1n) is 6.30. The highest BCUT2D eigenvalue weighted by Crippen LogP contribution is 2.37. The van der Waals surface area contributed by atoms with Crippen LogP contribution in [0.2, 0.25) is 5.02 Å². The van der Waals surface area contributed by atoms with Crippen molar-refractivity contribution in [3.05, 3.63) is 46.3 Å². The minimum atomic E-state index is -0.242. The molecular formula is C14H13ClN2O2S. The molecule has 2 heterocycles. The minimum absolute atomic E-state index is 0.0390. The van der Waals surface area contributed by atoms with Gasteiger partial charge in [-0.2, -0.15) is 0 Å². The Morgan fingerprint density at radius 3 is 3.10 bits per heavy atom. The van der Waals surface area contributed by atoms with Crippen LogP contribution in [0.25, 0.3) is 0 Å². The highest BCUT2D eigenvalue weighted by molar-refractivity contribution is 7.99. The lowest BCUT2D eigenvalue weighted by Crippen LogP contribution is -2.30. The average Bonchev–Trinajstić information content (AvgIpc) is 2.86. The zero-order chi connectivity index (χ0) is 14.1. The van der Waals surface area contributed by atoms with Gasteiger partial charge in [0.2, 0.25) is 5.76 Å². The van der Waals surface area contributed by atoms with E-state index in [1.165, 1.54) is 4.90 Å². The molecule has 4 nitrogen and oxygen atoms in total. The molecule has 3 rings (SSSR count). The summed E-state index contributed by atoms with van der Waals surface area (Å²) in [4.78, 5) is 13.3. The van der Waals surface area contributed by atoms with Gasteiger partial charge in [0.15, 0.2) is 0 Å². The third-order valence-electron chi connectivity index (χ3n) is 3.17. The van der Waals surface area contributed by atoms with Crippen LogP contribution in [0, 0.1) is 6.92 Å². The Balaban J connectivity index is 1.82. The molecule has 20 heavy (non-hydrogen) atoms. The van der Waals surface area contributed by atoms with Crippen molar-refractivity contribution in [3.8, 4) is 0 Å². The van der Waals surface area contributed by atoms with Gasteiger partial charge in [-0.15, -0.1) is 11.8 Å². The molecule has 1 aromatic heterocycles. The van der Waals surface area contributed by atoms with Gasteiger partial charge in [-0.1, -0.05) is 16.8 Å². The highest BCUT2D eigenvalue weighted by atomic mass is 35.5. The number of amides is 1. The van der Waals surface area contributed by atoms with E-state index in [0.29, 0.717) is 10.7 Å². The molecule has 0 saturated heterocycles. The summed E-state index contributed by atoms with van der Waals surface area (Å²) < 4.78 is 4.99. The van der Waals surface area contributed by atoms with Crippen LogP contribution in [0.5, 0.6) is 0 Å². The molecule has 1 aromatic carbocycles. The lowest BCUT2D eigenvalue weighted by Gasteiger charge is -2.25. The van der Waals surface area contributed by atoms with Crippen molar-refractivity contribution in [2.75, 3.05) is 5.75 Å². The largest absolute Gasteiger partial charge is 0.351 e. The van der Waals surface area contributed by atoms with Crippen LogP contribution in [0.1, 0.15) is 34.3 Å². The third-order valence-corrected chi connectivity index (χ3v) is 4.53. The molecule has 2 aromatic rings. The van der Waals surface area contributed by atoms with Crippen molar-refractivity contribution in [1.82, 2.24) is 10.5 Å². The van der Waals surface area contributed by atoms with Gasteiger partial charge in [0.1, 0.15) is 0 Å². The van der Waals surface area contributed by atoms with Crippen molar-refractivity contribution in [2.24, 2.45) is 0 Å². The number of aromatic nitrogens is 1. The SMILES string of the molecule is Cc1cc(C(=O)N[C@H]2CCSc3ccc(Cl)cc32)on1. The normalized spacial score (nSPS) is 17.6. The van der Waals surface area contributed by atoms with Gasteiger partial charge in [-0.05, 0) is 37.1 Å². The van der Waals surface area contributed by atoms with Gasteiger partial charge in [0.05, 0.1) is 11.7 Å². The van der Waals surface area contributed by atoms with Crippen molar-refractivity contribution in [3.63, 3.8) is 0 Å². The smallest absolute Gasteiger partial charge is 0.290 e. The number of halogens is 1. The number of aryl methyl sites for hydroxylation is 1. The summed E-state index contributed by atoms with van der Waals surface area (Å²) in [5, 5.41) is 7.40. The predicted octanol–water partition coefficient (Wildman–Crippen LogP) is 3.60. The monoisotopic (exact) mass is 308 g/mol. The van der Waals surface area contributed by atoms with Gasteiger partial charge in [-0.25, -0.2) is 0 Å². The number of benzene rings is 1. The highest BCUT2D eigenvalue weighted by Gasteiger charge is 2.24. The summed E-state index contributed by atoms with van der Waals surface area (Å²) in [6, 6.07) is 7.38. The van der Waals surface area contributed by atoms with Crippen molar-refractivity contribution >= 4 is 29.3 Å². The first kappa shape index (κ1) is 13.5. The van der Waals surface area contributed by atoms with E-state index in [4.69, 9.17) is 16.1 Å². The Bertz CT molecular complexity index is 656. The number of hydrogen-bond donors (Lipinski definition) is 1. The Morgan fingerprint density at radius 1 is 1.50 bits per heavy atom. The second-order valence-corrected chi connectivity index (χ2v) is 6.25. The van der Waals surface area contributed by atoms with Crippen LogP contribution >= 0.6 is 23.4 Å². The molecule has 1 aliphatic rings. The van der Waals surface area contributed by atoms with Gasteiger partial charge >= 0.3 is 0 Å². The molecule has 0 aliphatic carbocycles. The number of rotatable bonds is 2. The number of nitrogens with zero attached hydrogens (tertiary/aromatic N) is 1. The molecule has 0 unspecified atom stereocenters. The third kappa shape index (κ3) is 2.69. The fourth-order valence-corrected chi connectivity index (χ4v) is 3.50. The Hall–Kier alpha value is -1.46. The summed E-state index contributed by atoms with van der Waals surface area (Å²) in [5.41, 5.74) is 1.76. The number of fused-ring (bicyclic) bond motifs is 1. The zero-order valence-electron chi connectivity index (χ0n) is 10.9. The van der Waals surface area contributed by atoms with Crippen LogP contribution in [0.3, 0.4) is 0 Å². The molecule has 0 saturated carbocycles. The molecular weight excluding hydrogens is 296 g/mol. The van der Waals surface area contributed by atoms with Crippen LogP contribution in [-0.2, 0) is 0 Å². The quantitative estimate of drug-likeness (QED) is 0.921. The maximum Gasteiger partial charge on any atom is 0.290 e. The molecule has 104 valence electrons. The fourth-order valence-electron chi connectivity index (χ4n) is 2.22. The molecule has 1 atom stereocenters. The van der Waals surface area contributed by atoms with E-state index in [2.05, 4.69) is 10.5 Å². The van der Waals surface area contributed by atoms with Crippen LogP contribution in [0.4, 0.5) is 0 Å². The number of nitrogens with one attached hydrogen (secondary N) is 1. The molecule has 1 amide bonds. The van der Waals surface area contributed by atoms with E-state index in [0.717, 1.165) is 17.7 Å². The van der Waals surface area contributed by atoms with Gasteiger partial charge in [-0.3, -0.25) is 4.79 Å². The van der Waals surface area contributed by atoms with Gasteiger partial charge in [0, 0.05) is 21.7 Å². The van der Waals surface area contributed by atoms with E-state index in [9.17, 15) is 4.79 Å². The number of hydrogen-bond acceptors (Lipinski definition) is 4. The molecule has 0 radical (unpaired) electrons. The molecule has 1 N–H and O–H groups in total.